The van der Waals surface area contributed by atoms with Crippen LogP contribution in [0.25, 0.3) is 5.76 Å². The van der Waals surface area contributed by atoms with Gasteiger partial charge >= 0.3 is 0 Å². The Bertz CT molecular complexity index is 739. The highest BCUT2D eigenvalue weighted by Gasteiger charge is 2.29. The number of thiophene rings is 1. The van der Waals surface area contributed by atoms with Crippen molar-refractivity contribution in [3.8, 4) is 0 Å². The number of hydrogen-bond acceptors (Lipinski definition) is 6. The first kappa shape index (κ1) is 14.0. The second kappa shape index (κ2) is 5.42. The summed E-state index contributed by atoms with van der Waals surface area (Å²) in [5, 5.41) is 14.9. The summed E-state index contributed by atoms with van der Waals surface area (Å²) in [6, 6.07) is 7.32. The molecule has 0 bridgehead atoms. The predicted molar refractivity (Wildman–Crippen MR) is 85.1 cm³/mol. The molecule has 1 amide bonds. The number of aliphatic hydroxyl groups excluding tert-OH is 1. The number of carbonyl (C=O) groups is 1. The number of pyridine rings is 1. The van der Waals surface area contributed by atoms with E-state index in [4.69, 9.17) is 0 Å². The number of aryl methyl sites for hydroxylation is 1. The quantitative estimate of drug-likeness (QED) is 0.832. The first-order chi connectivity index (χ1) is 10.1. The van der Waals surface area contributed by atoms with Gasteiger partial charge in [-0.1, -0.05) is 6.07 Å². The molecule has 7 heteroatoms. The van der Waals surface area contributed by atoms with Crippen LogP contribution < -0.4 is 5.32 Å². The lowest BCUT2D eigenvalue weighted by Crippen LogP contribution is -2.27. The van der Waals surface area contributed by atoms with E-state index in [1.807, 2.05) is 30.5 Å². The molecule has 0 atom stereocenters. The number of nitrogens with one attached hydrogen (secondary N) is 1. The van der Waals surface area contributed by atoms with Gasteiger partial charge in [-0.15, -0.1) is 11.3 Å². The van der Waals surface area contributed by atoms with Gasteiger partial charge in [0.1, 0.15) is 5.82 Å². The molecular formula is C14H13N3O2S2. The SMILES string of the molecule is Cc1cccc(NC(=O)C2=C(O)c3sccc3SN2C)n1. The number of anilines is 1. The Balaban J connectivity index is 1.92. The van der Waals surface area contributed by atoms with E-state index in [0.717, 1.165) is 15.5 Å². The fourth-order valence-corrected chi connectivity index (χ4v) is 3.97. The van der Waals surface area contributed by atoms with E-state index in [9.17, 15) is 9.90 Å². The second-order valence-corrected chi connectivity index (χ2v) is 6.60. The third-order valence-electron chi connectivity index (χ3n) is 2.96. The van der Waals surface area contributed by atoms with Crippen molar-refractivity contribution < 1.29 is 9.90 Å². The number of amides is 1. The van der Waals surface area contributed by atoms with Gasteiger partial charge in [0.15, 0.2) is 11.5 Å². The molecule has 3 heterocycles. The van der Waals surface area contributed by atoms with E-state index in [1.54, 1.807) is 17.4 Å². The summed E-state index contributed by atoms with van der Waals surface area (Å²) < 4.78 is 1.66. The minimum Gasteiger partial charge on any atom is -0.504 e. The zero-order chi connectivity index (χ0) is 15.0. The molecule has 0 aliphatic carbocycles. The average molecular weight is 319 g/mol. The van der Waals surface area contributed by atoms with Crippen LogP contribution in [0, 0.1) is 6.92 Å². The second-order valence-electron chi connectivity index (χ2n) is 4.52. The molecular weight excluding hydrogens is 306 g/mol. The van der Waals surface area contributed by atoms with E-state index in [0.29, 0.717) is 5.82 Å². The minimum absolute atomic E-state index is 0.00593. The minimum atomic E-state index is -0.375. The number of nitrogens with zero attached hydrogens (tertiary/aromatic N) is 2. The van der Waals surface area contributed by atoms with Crippen LogP contribution in [-0.4, -0.2) is 27.4 Å². The van der Waals surface area contributed by atoms with Gasteiger partial charge in [0.25, 0.3) is 5.91 Å². The monoisotopic (exact) mass is 319 g/mol. The van der Waals surface area contributed by atoms with Gasteiger partial charge < -0.3 is 14.7 Å². The molecule has 2 aromatic rings. The van der Waals surface area contributed by atoms with Crippen molar-refractivity contribution in [3.63, 3.8) is 0 Å². The Morgan fingerprint density at radius 2 is 2.19 bits per heavy atom. The molecule has 0 saturated carbocycles. The van der Waals surface area contributed by atoms with Crippen molar-refractivity contribution in [1.82, 2.24) is 9.29 Å². The number of likely N-dealkylation sites (N-methyl/N-ethyl adjacent to an activating group) is 1. The van der Waals surface area contributed by atoms with E-state index in [-0.39, 0.29) is 17.4 Å². The number of aliphatic hydroxyl groups is 1. The van der Waals surface area contributed by atoms with E-state index in [1.165, 1.54) is 23.3 Å². The summed E-state index contributed by atoms with van der Waals surface area (Å²) in [4.78, 5) is 18.3. The highest BCUT2D eigenvalue weighted by Crippen LogP contribution is 2.41. The molecule has 1 aliphatic heterocycles. The summed E-state index contributed by atoms with van der Waals surface area (Å²) in [6.45, 7) is 1.85. The lowest BCUT2D eigenvalue weighted by atomic mass is 10.2. The molecule has 5 nitrogen and oxygen atoms in total. The van der Waals surface area contributed by atoms with Gasteiger partial charge in [-0.3, -0.25) is 4.79 Å². The number of hydrogen-bond donors (Lipinski definition) is 2. The zero-order valence-corrected chi connectivity index (χ0v) is 13.1. The molecule has 0 aromatic carbocycles. The van der Waals surface area contributed by atoms with Crippen LogP contribution in [0.15, 0.2) is 40.2 Å². The molecule has 0 spiro atoms. The van der Waals surface area contributed by atoms with Crippen molar-refractivity contribution in [1.29, 1.82) is 0 Å². The van der Waals surface area contributed by atoms with Crippen molar-refractivity contribution in [2.75, 3.05) is 12.4 Å². The van der Waals surface area contributed by atoms with Crippen LogP contribution in [0.2, 0.25) is 0 Å². The number of carbonyl (C=O) groups excluding carboxylic acids is 1. The van der Waals surface area contributed by atoms with Gasteiger partial charge in [-0.2, -0.15) is 0 Å². The molecule has 1 aliphatic rings. The summed E-state index contributed by atoms with van der Waals surface area (Å²) in [5.41, 5.74) is 1.05. The molecule has 21 heavy (non-hydrogen) atoms. The first-order valence-corrected chi connectivity index (χ1v) is 7.89. The van der Waals surface area contributed by atoms with Crippen molar-refractivity contribution in [3.05, 3.63) is 45.9 Å². The van der Waals surface area contributed by atoms with Gasteiger partial charge in [0.2, 0.25) is 0 Å². The Morgan fingerprint density at radius 1 is 1.38 bits per heavy atom. The Labute approximate surface area is 130 Å². The van der Waals surface area contributed by atoms with Gasteiger partial charge in [-0.25, -0.2) is 4.98 Å². The molecule has 0 radical (unpaired) electrons. The summed E-state index contributed by atoms with van der Waals surface area (Å²) >= 11 is 2.83. The van der Waals surface area contributed by atoms with Crippen molar-refractivity contribution in [2.45, 2.75) is 11.8 Å². The normalized spacial score (nSPS) is 14.1. The summed E-state index contributed by atoms with van der Waals surface area (Å²) in [6.07, 6.45) is 0. The molecule has 108 valence electrons. The third kappa shape index (κ3) is 2.62. The number of aromatic nitrogens is 1. The van der Waals surface area contributed by atoms with Crippen LogP contribution in [0.4, 0.5) is 5.82 Å². The molecule has 2 N–H and O–H groups in total. The van der Waals surface area contributed by atoms with Crippen LogP contribution in [0.3, 0.4) is 0 Å². The average Bonchev–Trinajstić information content (AvgIpc) is 2.87. The third-order valence-corrected chi connectivity index (χ3v) is 5.01. The standard InChI is InChI=1S/C14H13N3O2S2/c1-8-4-3-5-10(15-8)16-14(19)11-12(18)13-9(6-7-20-13)21-17(11)2/h3-7,18H,1-2H3,(H,15,16,19). The molecule has 3 rings (SSSR count). The van der Waals surface area contributed by atoms with Crippen LogP contribution in [-0.2, 0) is 4.79 Å². The molecule has 2 aromatic heterocycles. The van der Waals surface area contributed by atoms with Crippen molar-refractivity contribution in [2.24, 2.45) is 0 Å². The lowest BCUT2D eigenvalue weighted by Gasteiger charge is -2.25. The summed E-state index contributed by atoms with van der Waals surface area (Å²) in [5.74, 6) is 0.0988. The van der Waals surface area contributed by atoms with E-state index < -0.39 is 0 Å². The Morgan fingerprint density at radius 3 is 2.95 bits per heavy atom. The van der Waals surface area contributed by atoms with E-state index >= 15 is 0 Å². The van der Waals surface area contributed by atoms with Gasteiger partial charge in [0.05, 0.1) is 9.77 Å². The Kier molecular flexibility index (Phi) is 3.60. The molecule has 0 unspecified atom stereocenters. The maximum Gasteiger partial charge on any atom is 0.277 e. The maximum absolute atomic E-state index is 12.4. The molecule has 0 saturated heterocycles. The lowest BCUT2D eigenvalue weighted by molar-refractivity contribution is -0.113. The highest BCUT2D eigenvalue weighted by molar-refractivity contribution is 7.97. The topological polar surface area (TPSA) is 65.5 Å². The van der Waals surface area contributed by atoms with Crippen LogP contribution in [0.5, 0.6) is 0 Å². The van der Waals surface area contributed by atoms with E-state index in [2.05, 4.69) is 10.3 Å². The predicted octanol–water partition coefficient (Wildman–Crippen LogP) is 3.27. The van der Waals surface area contributed by atoms with Gasteiger partial charge in [-0.05, 0) is 42.5 Å². The van der Waals surface area contributed by atoms with Gasteiger partial charge in [0, 0.05) is 12.7 Å². The first-order valence-electron chi connectivity index (χ1n) is 6.24. The van der Waals surface area contributed by atoms with Crippen molar-refractivity contribution >= 4 is 40.8 Å². The summed E-state index contributed by atoms with van der Waals surface area (Å²) in [7, 11) is 1.75. The fraction of sp³-hybridized carbons (Fsp3) is 0.143. The fourth-order valence-electron chi connectivity index (χ4n) is 2.03. The molecule has 0 fully saturated rings. The Hall–Kier alpha value is -1.99. The largest absolute Gasteiger partial charge is 0.504 e. The van der Waals surface area contributed by atoms with Crippen LogP contribution in [0.1, 0.15) is 10.6 Å². The smallest absolute Gasteiger partial charge is 0.277 e. The highest BCUT2D eigenvalue weighted by atomic mass is 32.2. The number of rotatable bonds is 2. The zero-order valence-electron chi connectivity index (χ0n) is 11.5. The maximum atomic E-state index is 12.4. The number of fused-ring (bicyclic) bond motifs is 1. The van der Waals surface area contributed by atoms with Crippen LogP contribution >= 0.6 is 23.3 Å².